The van der Waals surface area contributed by atoms with Crippen LogP contribution in [0.4, 0.5) is 0 Å². The van der Waals surface area contributed by atoms with Crippen LogP contribution in [0.1, 0.15) is 30.5 Å². The van der Waals surface area contributed by atoms with E-state index in [1.807, 2.05) is 12.1 Å². The van der Waals surface area contributed by atoms with Gasteiger partial charge >= 0.3 is 21.7 Å². The van der Waals surface area contributed by atoms with Crippen molar-refractivity contribution in [2.45, 2.75) is 19.4 Å². The predicted molar refractivity (Wildman–Crippen MR) is 82.9 cm³/mol. The number of hydrogen-bond acceptors (Lipinski definition) is 0. The van der Waals surface area contributed by atoms with Gasteiger partial charge in [-0.15, -0.1) is 18.1 Å². The molecule has 2 aliphatic rings. The summed E-state index contributed by atoms with van der Waals surface area (Å²) in [4.78, 5) is 0. The van der Waals surface area contributed by atoms with Gasteiger partial charge in [-0.3, -0.25) is 6.08 Å². The molecule has 4 rings (SSSR count). The molecule has 0 fully saturated rings. The van der Waals surface area contributed by atoms with Gasteiger partial charge in [-0.2, -0.15) is 11.6 Å². The minimum atomic E-state index is 0. The molecule has 2 aliphatic carbocycles. The molecule has 0 radical (unpaired) electrons. The van der Waals surface area contributed by atoms with Gasteiger partial charge < -0.3 is 29.4 Å². The predicted octanol–water partition coefficient (Wildman–Crippen LogP) is -1.39. The molecule has 2 aromatic rings. The first-order valence-electron chi connectivity index (χ1n) is 6.89. The van der Waals surface area contributed by atoms with Gasteiger partial charge in [-0.1, -0.05) is 25.1 Å². The molecule has 0 aliphatic heterocycles. The summed E-state index contributed by atoms with van der Waals surface area (Å²) >= 11 is 0. The summed E-state index contributed by atoms with van der Waals surface area (Å²) in [6, 6.07) is 12.8. The summed E-state index contributed by atoms with van der Waals surface area (Å²) in [6.07, 6.45) is 17.9. The molecule has 0 amide bonds. The largest absolute Gasteiger partial charge is 4.00 e. The molecule has 0 saturated carbocycles. The molecule has 1 aromatic carbocycles. The van der Waals surface area contributed by atoms with Gasteiger partial charge in [0.15, 0.2) is 0 Å². The Balaban J connectivity index is 0.000000469. The normalized spacial score (nSPS) is 16.0. The fourth-order valence-corrected chi connectivity index (χ4v) is 2.43. The summed E-state index contributed by atoms with van der Waals surface area (Å²) < 4.78 is 2.17. The Hall–Kier alpha value is -0.986. The second-order valence-electron chi connectivity index (χ2n) is 4.94. The van der Waals surface area contributed by atoms with Crippen molar-refractivity contribution in [2.24, 2.45) is 0 Å². The number of allylic oxidation sites excluding steroid dienone is 5. The minimum Gasteiger partial charge on any atom is -1.00 e. The van der Waals surface area contributed by atoms with E-state index in [1.165, 1.54) is 16.7 Å². The molecule has 1 unspecified atom stereocenters. The van der Waals surface area contributed by atoms with Gasteiger partial charge in [0, 0.05) is 12.4 Å². The zero-order valence-electron chi connectivity index (χ0n) is 12.8. The van der Waals surface area contributed by atoms with Crippen LogP contribution in [0.2, 0.25) is 0 Å². The molecule has 4 heteroatoms. The third-order valence-corrected chi connectivity index (χ3v) is 3.48. The van der Waals surface area contributed by atoms with Crippen LogP contribution in [0.15, 0.2) is 66.5 Å². The maximum absolute atomic E-state index is 3.36. The van der Waals surface area contributed by atoms with Gasteiger partial charge in [0.05, 0.1) is 0 Å². The molecule has 1 atom stereocenters. The van der Waals surface area contributed by atoms with E-state index >= 15 is 0 Å². The van der Waals surface area contributed by atoms with Gasteiger partial charge in [0.25, 0.3) is 0 Å². The van der Waals surface area contributed by atoms with Gasteiger partial charge in [-0.05, 0) is 18.2 Å². The van der Waals surface area contributed by atoms with E-state index in [1.54, 1.807) is 0 Å². The zero-order valence-corrected chi connectivity index (χ0v) is 15.9. The van der Waals surface area contributed by atoms with Crippen LogP contribution in [-0.4, -0.2) is 4.57 Å². The topological polar surface area (TPSA) is 4.93 Å². The molecular weight excluding hydrogens is 361 g/mol. The van der Waals surface area contributed by atoms with E-state index in [0.717, 1.165) is 6.42 Å². The van der Waals surface area contributed by atoms with Crippen molar-refractivity contribution >= 4 is 6.08 Å². The van der Waals surface area contributed by atoms with Crippen molar-refractivity contribution < 1.29 is 46.5 Å². The number of nitrogens with zero attached hydrogens (tertiary/aromatic N) is 1. The fourth-order valence-electron chi connectivity index (χ4n) is 2.43. The van der Waals surface area contributed by atoms with Crippen LogP contribution in [0, 0.1) is 12.2 Å². The van der Waals surface area contributed by atoms with Crippen molar-refractivity contribution in [1.29, 1.82) is 0 Å². The molecule has 0 saturated heterocycles. The average Bonchev–Trinajstić information content (AvgIpc) is 3.19. The van der Waals surface area contributed by atoms with E-state index in [9.17, 15) is 0 Å². The summed E-state index contributed by atoms with van der Waals surface area (Å²) in [5, 5.41) is 0. The van der Waals surface area contributed by atoms with Crippen LogP contribution >= 0.6 is 0 Å². The Morgan fingerprint density at radius 3 is 2.30 bits per heavy atom. The Kier molecular flexibility index (Phi) is 10.3. The summed E-state index contributed by atoms with van der Waals surface area (Å²) in [7, 11) is 0. The smallest absolute Gasteiger partial charge is 1.00 e. The second-order valence-corrected chi connectivity index (χ2v) is 4.94. The first kappa shape index (κ1) is 22.0. The molecule has 0 spiro atoms. The quantitative estimate of drug-likeness (QED) is 0.426. The van der Waals surface area contributed by atoms with Crippen LogP contribution < -0.4 is 24.8 Å². The molecule has 116 valence electrons. The third-order valence-electron chi connectivity index (χ3n) is 3.48. The van der Waals surface area contributed by atoms with Crippen molar-refractivity contribution in [2.75, 3.05) is 0 Å². The number of halogens is 2. The maximum atomic E-state index is 3.36. The van der Waals surface area contributed by atoms with Crippen molar-refractivity contribution in [3.63, 3.8) is 0 Å². The second kappa shape index (κ2) is 10.7. The SMILES string of the molecule is CC1=[C-]CC=C1.[C-]1=Cc2ccccc2C1n1cccc1.[Cl-].[Cl-].[Ti+4]. The summed E-state index contributed by atoms with van der Waals surface area (Å²) in [5.41, 5.74) is 3.89. The molecule has 1 heterocycles. The van der Waals surface area contributed by atoms with Crippen molar-refractivity contribution in [1.82, 2.24) is 4.57 Å². The Labute approximate surface area is 165 Å². The fraction of sp³-hybridized carbons (Fsp3) is 0.158. The Morgan fingerprint density at radius 2 is 1.74 bits per heavy atom. The van der Waals surface area contributed by atoms with E-state index in [0.29, 0.717) is 0 Å². The van der Waals surface area contributed by atoms with Gasteiger partial charge in [0.2, 0.25) is 0 Å². The van der Waals surface area contributed by atoms with Crippen molar-refractivity contribution in [3.05, 3.63) is 89.8 Å². The molecule has 1 aromatic heterocycles. The minimum absolute atomic E-state index is 0. The third kappa shape index (κ3) is 5.55. The van der Waals surface area contributed by atoms with E-state index in [4.69, 9.17) is 0 Å². The van der Waals surface area contributed by atoms with Crippen molar-refractivity contribution in [3.8, 4) is 0 Å². The van der Waals surface area contributed by atoms with Crippen LogP contribution in [-0.2, 0) is 21.7 Å². The Morgan fingerprint density at radius 1 is 1.04 bits per heavy atom. The van der Waals surface area contributed by atoms with E-state index in [-0.39, 0.29) is 52.6 Å². The number of aromatic nitrogens is 1. The summed E-state index contributed by atoms with van der Waals surface area (Å²) in [6.45, 7) is 2.06. The zero-order chi connectivity index (χ0) is 13.8. The van der Waals surface area contributed by atoms with Crippen LogP contribution in [0.3, 0.4) is 0 Å². The van der Waals surface area contributed by atoms with Gasteiger partial charge in [0.1, 0.15) is 0 Å². The molecule has 0 N–H and O–H groups in total. The standard InChI is InChI=1S/C13H10N.C6H7.2ClH.Ti/c1-2-6-12-11(5-1)7-8-13(12)14-9-3-4-10-14;1-6-4-2-3-5-6;;;/h1-7,9-10,13H;2,4H,3H2,1H3;2*1H;/q2*-1;;;+4/p-2. The number of fused-ring (bicyclic) bond motifs is 1. The Bertz CT molecular complexity index is 670. The molecular formula is C19H17Cl2NTi. The number of benzene rings is 1. The number of hydrogen-bond donors (Lipinski definition) is 0. The number of rotatable bonds is 1. The maximum Gasteiger partial charge on any atom is 4.00 e. The summed E-state index contributed by atoms with van der Waals surface area (Å²) in [5.74, 6) is 0. The van der Waals surface area contributed by atoms with Crippen LogP contribution in [0.25, 0.3) is 6.08 Å². The van der Waals surface area contributed by atoms with E-state index in [2.05, 4.69) is 78.5 Å². The van der Waals surface area contributed by atoms with E-state index < -0.39 is 0 Å². The average molecular weight is 378 g/mol. The first-order chi connectivity index (χ1) is 9.84. The molecule has 23 heavy (non-hydrogen) atoms. The molecule has 0 bridgehead atoms. The van der Waals surface area contributed by atoms with Crippen LogP contribution in [0.5, 0.6) is 0 Å². The molecule has 1 nitrogen and oxygen atoms in total. The monoisotopic (exact) mass is 377 g/mol. The van der Waals surface area contributed by atoms with Gasteiger partial charge in [-0.25, -0.2) is 23.8 Å². The first-order valence-corrected chi connectivity index (χ1v) is 6.89.